The van der Waals surface area contributed by atoms with E-state index in [1.165, 1.54) is 0 Å². The van der Waals surface area contributed by atoms with Gasteiger partial charge in [-0.1, -0.05) is 31.5 Å². The highest BCUT2D eigenvalue weighted by Gasteiger charge is 2.13. The molecule has 1 aromatic carbocycles. The number of aromatic hydroxyl groups is 1. The Morgan fingerprint density at radius 2 is 1.94 bits per heavy atom. The smallest absolute Gasteiger partial charge is 0.217 e. The summed E-state index contributed by atoms with van der Waals surface area (Å²) in [5, 5.41) is 14.6. The summed E-state index contributed by atoms with van der Waals surface area (Å²) in [5.41, 5.74) is 2.78. The lowest BCUT2D eigenvalue weighted by Crippen LogP contribution is -1.96. The van der Waals surface area contributed by atoms with Crippen molar-refractivity contribution < 1.29 is 5.11 Å². The van der Waals surface area contributed by atoms with E-state index >= 15 is 0 Å². The molecule has 0 fully saturated rings. The molecule has 1 heterocycles. The summed E-state index contributed by atoms with van der Waals surface area (Å²) in [6.45, 7) is 4.08. The predicted molar refractivity (Wildman–Crippen MR) is 68.6 cm³/mol. The summed E-state index contributed by atoms with van der Waals surface area (Å²) in [5.74, 6) is 0.252. The Kier molecular flexibility index (Phi) is 3.47. The maximum atomic E-state index is 10.1. The van der Waals surface area contributed by atoms with Crippen LogP contribution in [0, 0.1) is 6.92 Å². The summed E-state index contributed by atoms with van der Waals surface area (Å²) < 4.78 is 1.61. The van der Waals surface area contributed by atoms with E-state index in [2.05, 4.69) is 12.0 Å². The first-order chi connectivity index (χ1) is 8.24. The van der Waals surface area contributed by atoms with Crippen molar-refractivity contribution in [1.82, 2.24) is 9.78 Å². The molecule has 2 rings (SSSR count). The second-order valence-corrected chi connectivity index (χ2v) is 4.25. The fraction of sp³-hybridized carbons (Fsp3) is 0.357. The van der Waals surface area contributed by atoms with Gasteiger partial charge < -0.3 is 5.11 Å². The average molecular weight is 230 g/mol. The van der Waals surface area contributed by atoms with Crippen molar-refractivity contribution >= 4 is 0 Å². The van der Waals surface area contributed by atoms with Crippen LogP contribution in [-0.2, 0) is 6.42 Å². The van der Waals surface area contributed by atoms with E-state index in [-0.39, 0.29) is 5.88 Å². The molecule has 2 aromatic rings. The van der Waals surface area contributed by atoms with Gasteiger partial charge in [-0.25, -0.2) is 4.68 Å². The lowest BCUT2D eigenvalue weighted by Gasteiger charge is -2.01. The maximum absolute atomic E-state index is 10.1. The number of nitrogens with zero attached hydrogens (tertiary/aromatic N) is 2. The quantitative estimate of drug-likeness (QED) is 0.875. The summed E-state index contributed by atoms with van der Waals surface area (Å²) >= 11 is 0. The van der Waals surface area contributed by atoms with Crippen molar-refractivity contribution in [2.45, 2.75) is 33.1 Å². The Balaban J connectivity index is 2.36. The van der Waals surface area contributed by atoms with Gasteiger partial charge >= 0.3 is 0 Å². The van der Waals surface area contributed by atoms with Crippen LogP contribution in [0.2, 0.25) is 0 Å². The fourth-order valence-electron chi connectivity index (χ4n) is 1.86. The number of aryl methyl sites for hydroxylation is 1. The molecule has 1 N–H and O–H groups in total. The molecule has 0 bridgehead atoms. The predicted octanol–water partition coefficient (Wildman–Crippen LogP) is 3.23. The summed E-state index contributed by atoms with van der Waals surface area (Å²) in [6.07, 6.45) is 3.17. The van der Waals surface area contributed by atoms with Crippen LogP contribution in [0.15, 0.2) is 30.3 Å². The molecule has 0 aliphatic rings. The third-order valence-electron chi connectivity index (χ3n) is 2.96. The number of aromatic nitrogens is 2. The summed E-state index contributed by atoms with van der Waals surface area (Å²) in [7, 11) is 0. The fourth-order valence-corrected chi connectivity index (χ4v) is 1.86. The molecule has 0 unspecified atom stereocenters. The van der Waals surface area contributed by atoms with Crippen LogP contribution in [0.25, 0.3) is 5.69 Å². The average Bonchev–Trinajstić information content (AvgIpc) is 2.65. The number of benzene rings is 1. The highest BCUT2D eigenvalue weighted by atomic mass is 16.3. The van der Waals surface area contributed by atoms with Gasteiger partial charge in [0, 0.05) is 5.56 Å². The Hall–Kier alpha value is -1.77. The first kappa shape index (κ1) is 11.7. The van der Waals surface area contributed by atoms with E-state index in [1.807, 2.05) is 37.3 Å². The van der Waals surface area contributed by atoms with Crippen LogP contribution in [0.4, 0.5) is 0 Å². The standard InChI is InChI=1S/C14H18N2O/c1-3-4-10-13-11(2)14(17)16(15-13)12-8-6-5-7-9-12/h5-9,17H,3-4,10H2,1-2H3. The second-order valence-electron chi connectivity index (χ2n) is 4.25. The number of hydrogen-bond acceptors (Lipinski definition) is 2. The SMILES string of the molecule is CCCCc1nn(-c2ccccc2)c(O)c1C. The number of unbranched alkanes of at least 4 members (excludes halogenated alkanes) is 1. The molecule has 17 heavy (non-hydrogen) atoms. The van der Waals surface area contributed by atoms with Crippen LogP contribution in [0.5, 0.6) is 5.88 Å². The van der Waals surface area contributed by atoms with Crippen LogP contribution in [0.1, 0.15) is 31.0 Å². The minimum Gasteiger partial charge on any atom is -0.493 e. The van der Waals surface area contributed by atoms with E-state index in [1.54, 1.807) is 4.68 Å². The van der Waals surface area contributed by atoms with Crippen LogP contribution in [-0.4, -0.2) is 14.9 Å². The highest BCUT2D eigenvalue weighted by Crippen LogP contribution is 2.24. The van der Waals surface area contributed by atoms with Crippen molar-refractivity contribution in [2.24, 2.45) is 0 Å². The first-order valence-electron chi connectivity index (χ1n) is 6.07. The lowest BCUT2D eigenvalue weighted by atomic mass is 10.1. The van der Waals surface area contributed by atoms with Gasteiger partial charge in [0.15, 0.2) is 0 Å². The largest absolute Gasteiger partial charge is 0.493 e. The van der Waals surface area contributed by atoms with Crippen molar-refractivity contribution in [3.05, 3.63) is 41.6 Å². The molecule has 1 aromatic heterocycles. The van der Waals surface area contributed by atoms with E-state index < -0.39 is 0 Å². The van der Waals surface area contributed by atoms with E-state index in [0.29, 0.717) is 0 Å². The van der Waals surface area contributed by atoms with Gasteiger partial charge in [-0.15, -0.1) is 0 Å². The number of hydrogen-bond donors (Lipinski definition) is 1. The number of rotatable bonds is 4. The van der Waals surface area contributed by atoms with Gasteiger partial charge in [-0.05, 0) is 31.9 Å². The third-order valence-corrected chi connectivity index (χ3v) is 2.96. The molecule has 0 aliphatic carbocycles. The molecule has 0 radical (unpaired) electrons. The molecule has 0 aliphatic heterocycles. The molecule has 0 atom stereocenters. The molecule has 90 valence electrons. The highest BCUT2D eigenvalue weighted by molar-refractivity contribution is 5.39. The third kappa shape index (κ3) is 2.33. The lowest BCUT2D eigenvalue weighted by molar-refractivity contribution is 0.430. The molecule has 0 saturated carbocycles. The zero-order valence-corrected chi connectivity index (χ0v) is 10.3. The Bertz CT molecular complexity index is 488. The van der Waals surface area contributed by atoms with Crippen molar-refractivity contribution in [1.29, 1.82) is 0 Å². The van der Waals surface area contributed by atoms with E-state index in [4.69, 9.17) is 0 Å². The molecule has 3 heteroatoms. The van der Waals surface area contributed by atoms with Gasteiger partial charge in [0.05, 0.1) is 11.4 Å². The van der Waals surface area contributed by atoms with Gasteiger partial charge in [0.1, 0.15) is 0 Å². The van der Waals surface area contributed by atoms with E-state index in [9.17, 15) is 5.11 Å². The van der Waals surface area contributed by atoms with Crippen molar-refractivity contribution in [3.8, 4) is 11.6 Å². The van der Waals surface area contributed by atoms with Crippen LogP contribution < -0.4 is 0 Å². The minimum absolute atomic E-state index is 0.252. The van der Waals surface area contributed by atoms with E-state index in [0.717, 1.165) is 36.2 Å². The molecular weight excluding hydrogens is 212 g/mol. The zero-order valence-electron chi connectivity index (χ0n) is 10.3. The second kappa shape index (κ2) is 5.04. The van der Waals surface area contributed by atoms with Crippen LogP contribution in [0.3, 0.4) is 0 Å². The van der Waals surface area contributed by atoms with Crippen molar-refractivity contribution in [2.75, 3.05) is 0 Å². The Labute approximate surface area is 102 Å². The normalized spacial score (nSPS) is 10.7. The monoisotopic (exact) mass is 230 g/mol. The molecule has 3 nitrogen and oxygen atoms in total. The van der Waals surface area contributed by atoms with Gasteiger partial charge in [-0.3, -0.25) is 0 Å². The van der Waals surface area contributed by atoms with Crippen LogP contribution >= 0.6 is 0 Å². The Morgan fingerprint density at radius 1 is 1.24 bits per heavy atom. The maximum Gasteiger partial charge on any atom is 0.217 e. The summed E-state index contributed by atoms with van der Waals surface area (Å²) in [4.78, 5) is 0. The summed E-state index contributed by atoms with van der Waals surface area (Å²) in [6, 6.07) is 9.72. The Morgan fingerprint density at radius 3 is 2.59 bits per heavy atom. The zero-order chi connectivity index (χ0) is 12.3. The van der Waals surface area contributed by atoms with Crippen molar-refractivity contribution in [3.63, 3.8) is 0 Å². The van der Waals surface area contributed by atoms with Gasteiger partial charge in [0.25, 0.3) is 0 Å². The van der Waals surface area contributed by atoms with Gasteiger partial charge in [0.2, 0.25) is 5.88 Å². The topological polar surface area (TPSA) is 38.0 Å². The molecule has 0 spiro atoms. The van der Waals surface area contributed by atoms with Gasteiger partial charge in [-0.2, -0.15) is 5.10 Å². The molecule has 0 amide bonds. The number of para-hydroxylation sites is 1. The first-order valence-corrected chi connectivity index (χ1v) is 6.07. The molecule has 0 saturated heterocycles. The molecular formula is C14H18N2O. The minimum atomic E-state index is 0.252.